The Morgan fingerprint density at radius 2 is 1.92 bits per heavy atom. The van der Waals surface area contributed by atoms with Crippen LogP contribution in [0.25, 0.3) is 10.9 Å². The van der Waals surface area contributed by atoms with Gasteiger partial charge in [0.1, 0.15) is 30.3 Å². The summed E-state index contributed by atoms with van der Waals surface area (Å²) in [7, 11) is 0. The number of nitrogen functional groups attached to an aromatic ring is 1. The first-order valence-electron chi connectivity index (χ1n) is 11.6. The van der Waals surface area contributed by atoms with Crippen LogP contribution in [0.1, 0.15) is 27.0 Å². The molecular formula is C27H26N6O2S. The van der Waals surface area contributed by atoms with Gasteiger partial charge in [-0.1, -0.05) is 30.3 Å². The second-order valence-corrected chi connectivity index (χ2v) is 9.50. The van der Waals surface area contributed by atoms with Gasteiger partial charge < -0.3 is 20.7 Å². The van der Waals surface area contributed by atoms with E-state index in [-0.39, 0.29) is 11.7 Å². The second-order valence-electron chi connectivity index (χ2n) is 8.42. The number of benzene rings is 3. The topological polar surface area (TPSA) is 117 Å². The summed E-state index contributed by atoms with van der Waals surface area (Å²) in [5, 5.41) is 12.0. The molecule has 0 aliphatic carbocycles. The Kier molecular flexibility index (Phi) is 6.99. The van der Waals surface area contributed by atoms with E-state index in [2.05, 4.69) is 15.3 Å². The SMILES string of the molecule is N=C(N)c1ccc(OCc2ccccc2)c(CNc2ncnc3cc(C(=O)N4CCSC4)ccc23)c1. The van der Waals surface area contributed by atoms with Crippen molar-refractivity contribution < 1.29 is 9.53 Å². The summed E-state index contributed by atoms with van der Waals surface area (Å²) in [6.45, 7) is 1.60. The van der Waals surface area contributed by atoms with Crippen LogP contribution in [0.2, 0.25) is 0 Å². The number of carbonyl (C=O) groups is 1. The number of thioether (sulfide) groups is 1. The normalized spacial score (nSPS) is 13.1. The molecule has 2 heterocycles. The lowest BCUT2D eigenvalue weighted by Crippen LogP contribution is -2.27. The molecule has 3 aromatic carbocycles. The molecule has 1 aromatic heterocycles. The van der Waals surface area contributed by atoms with Crippen LogP contribution in [-0.2, 0) is 13.2 Å². The Hall–Kier alpha value is -4.11. The predicted octanol–water partition coefficient (Wildman–Crippen LogP) is 4.25. The molecule has 5 rings (SSSR count). The van der Waals surface area contributed by atoms with Gasteiger partial charge in [0.05, 0.1) is 11.4 Å². The number of carbonyl (C=O) groups excluding carboxylic acids is 1. The fraction of sp³-hybridized carbons (Fsp3) is 0.185. The lowest BCUT2D eigenvalue weighted by atomic mass is 10.1. The van der Waals surface area contributed by atoms with Crippen LogP contribution in [0.3, 0.4) is 0 Å². The standard InChI is InChI=1S/C27H26N6O2S/c28-25(29)19-7-9-24(35-15-18-4-2-1-3-5-18)21(12-19)14-30-26-22-8-6-20(13-23(22)31-16-32-26)27(34)33-10-11-36-17-33/h1-9,12-13,16H,10-11,14-15,17H2,(H3,28,29)(H,30,31,32). The molecule has 1 aliphatic heterocycles. The van der Waals surface area contributed by atoms with E-state index in [1.807, 2.05) is 65.6 Å². The predicted molar refractivity (Wildman–Crippen MR) is 143 cm³/mol. The maximum Gasteiger partial charge on any atom is 0.254 e. The highest BCUT2D eigenvalue weighted by atomic mass is 32.2. The summed E-state index contributed by atoms with van der Waals surface area (Å²) >= 11 is 1.76. The van der Waals surface area contributed by atoms with E-state index in [1.54, 1.807) is 17.8 Å². The summed E-state index contributed by atoms with van der Waals surface area (Å²) in [6, 6.07) is 20.9. The van der Waals surface area contributed by atoms with E-state index in [9.17, 15) is 4.79 Å². The van der Waals surface area contributed by atoms with E-state index in [1.165, 1.54) is 6.33 Å². The number of anilines is 1. The van der Waals surface area contributed by atoms with E-state index < -0.39 is 0 Å². The third kappa shape index (κ3) is 5.26. The lowest BCUT2D eigenvalue weighted by molar-refractivity contribution is 0.0803. The van der Waals surface area contributed by atoms with Gasteiger partial charge in [0.25, 0.3) is 5.91 Å². The lowest BCUT2D eigenvalue weighted by Gasteiger charge is -2.16. The number of ether oxygens (including phenoxy) is 1. The molecule has 0 spiro atoms. The number of hydrogen-bond acceptors (Lipinski definition) is 7. The number of nitrogens with zero attached hydrogens (tertiary/aromatic N) is 3. The molecule has 1 amide bonds. The summed E-state index contributed by atoms with van der Waals surface area (Å²) < 4.78 is 6.10. The van der Waals surface area contributed by atoms with Crippen LogP contribution in [0.5, 0.6) is 5.75 Å². The monoisotopic (exact) mass is 498 g/mol. The molecule has 4 aromatic rings. The van der Waals surface area contributed by atoms with Crippen LogP contribution in [0.4, 0.5) is 5.82 Å². The van der Waals surface area contributed by atoms with Gasteiger partial charge >= 0.3 is 0 Å². The molecule has 1 fully saturated rings. The first-order valence-corrected chi connectivity index (χ1v) is 12.7. The number of amidine groups is 1. The van der Waals surface area contributed by atoms with E-state index in [0.717, 1.165) is 34.7 Å². The van der Waals surface area contributed by atoms with Crippen molar-refractivity contribution in [1.82, 2.24) is 14.9 Å². The van der Waals surface area contributed by atoms with Crippen LogP contribution in [0.15, 0.2) is 73.1 Å². The fourth-order valence-electron chi connectivity index (χ4n) is 4.03. The zero-order valence-corrected chi connectivity index (χ0v) is 20.4. The van der Waals surface area contributed by atoms with Crippen molar-refractivity contribution in [2.45, 2.75) is 13.2 Å². The van der Waals surface area contributed by atoms with E-state index in [4.69, 9.17) is 15.9 Å². The molecule has 4 N–H and O–H groups in total. The molecule has 8 nitrogen and oxygen atoms in total. The molecular weight excluding hydrogens is 472 g/mol. The average molecular weight is 499 g/mol. The third-order valence-electron chi connectivity index (χ3n) is 5.98. The summed E-state index contributed by atoms with van der Waals surface area (Å²) in [5.41, 5.74) is 9.59. The molecule has 0 unspecified atom stereocenters. The Bertz CT molecular complexity index is 1410. The highest BCUT2D eigenvalue weighted by molar-refractivity contribution is 7.99. The first-order chi connectivity index (χ1) is 17.6. The molecule has 0 radical (unpaired) electrons. The van der Waals surface area contributed by atoms with E-state index in [0.29, 0.717) is 41.4 Å². The minimum atomic E-state index is -0.00746. The molecule has 36 heavy (non-hydrogen) atoms. The van der Waals surface area contributed by atoms with Crippen molar-refractivity contribution in [3.8, 4) is 5.75 Å². The number of amides is 1. The zero-order valence-electron chi connectivity index (χ0n) is 19.6. The van der Waals surface area contributed by atoms with E-state index >= 15 is 0 Å². The molecule has 0 saturated carbocycles. The number of nitrogens with one attached hydrogen (secondary N) is 2. The summed E-state index contributed by atoms with van der Waals surface area (Å²) in [6.07, 6.45) is 1.49. The Morgan fingerprint density at radius 1 is 1.08 bits per heavy atom. The Balaban J connectivity index is 1.37. The minimum absolute atomic E-state index is 0.00746. The van der Waals surface area contributed by atoms with Crippen LogP contribution < -0.4 is 15.8 Å². The molecule has 0 bridgehead atoms. The van der Waals surface area contributed by atoms with Gasteiger partial charge in [-0.15, -0.1) is 11.8 Å². The van der Waals surface area contributed by atoms with Crippen LogP contribution >= 0.6 is 11.8 Å². The first kappa shape index (κ1) is 23.6. The highest BCUT2D eigenvalue weighted by Crippen LogP contribution is 2.26. The van der Waals surface area contributed by atoms with Crippen LogP contribution in [-0.4, -0.2) is 44.8 Å². The van der Waals surface area contributed by atoms with Crippen molar-refractivity contribution in [3.05, 3.63) is 95.3 Å². The summed E-state index contributed by atoms with van der Waals surface area (Å²) in [4.78, 5) is 23.5. The largest absolute Gasteiger partial charge is 0.489 e. The highest BCUT2D eigenvalue weighted by Gasteiger charge is 2.20. The zero-order chi connectivity index (χ0) is 24.9. The van der Waals surface area contributed by atoms with Gasteiger partial charge in [-0.25, -0.2) is 9.97 Å². The van der Waals surface area contributed by atoms with Crippen molar-refractivity contribution in [2.24, 2.45) is 5.73 Å². The van der Waals surface area contributed by atoms with Gasteiger partial charge in [-0.2, -0.15) is 0 Å². The third-order valence-corrected chi connectivity index (χ3v) is 6.94. The fourth-order valence-corrected chi connectivity index (χ4v) is 4.97. The van der Waals surface area contributed by atoms with Gasteiger partial charge in [0.15, 0.2) is 0 Å². The number of nitrogens with two attached hydrogens (primary N) is 1. The van der Waals surface area contributed by atoms with Crippen molar-refractivity contribution in [1.29, 1.82) is 5.41 Å². The molecule has 1 aliphatic rings. The Morgan fingerprint density at radius 3 is 2.69 bits per heavy atom. The van der Waals surface area contributed by atoms with Crippen LogP contribution in [0, 0.1) is 5.41 Å². The minimum Gasteiger partial charge on any atom is -0.489 e. The number of aromatic nitrogens is 2. The molecule has 9 heteroatoms. The Labute approximate surface area is 213 Å². The van der Waals surface area contributed by atoms with Crippen molar-refractivity contribution in [2.75, 3.05) is 23.5 Å². The van der Waals surface area contributed by atoms with Crippen molar-refractivity contribution in [3.63, 3.8) is 0 Å². The maximum absolute atomic E-state index is 12.8. The maximum atomic E-state index is 12.8. The van der Waals surface area contributed by atoms with Crippen molar-refractivity contribution >= 4 is 40.2 Å². The number of fused-ring (bicyclic) bond motifs is 1. The smallest absolute Gasteiger partial charge is 0.254 e. The second kappa shape index (κ2) is 10.7. The number of hydrogen-bond donors (Lipinski definition) is 3. The quantitative estimate of drug-likeness (QED) is 0.246. The molecule has 1 saturated heterocycles. The van der Waals surface area contributed by atoms with Gasteiger partial charge in [0.2, 0.25) is 0 Å². The molecule has 0 atom stereocenters. The number of rotatable bonds is 8. The van der Waals surface area contributed by atoms with Gasteiger partial charge in [-0.05, 0) is 42.0 Å². The molecule has 182 valence electrons. The van der Waals surface area contributed by atoms with Gasteiger partial charge in [0, 0.05) is 40.9 Å². The van der Waals surface area contributed by atoms with Gasteiger partial charge in [-0.3, -0.25) is 10.2 Å². The summed E-state index contributed by atoms with van der Waals surface area (Å²) in [5.74, 6) is 3.06. The average Bonchev–Trinajstić information content (AvgIpc) is 3.46.